The lowest BCUT2D eigenvalue weighted by Crippen LogP contribution is -2.42. The Morgan fingerprint density at radius 3 is 2.36 bits per heavy atom. The summed E-state index contributed by atoms with van der Waals surface area (Å²) in [5, 5.41) is 9.05. The van der Waals surface area contributed by atoms with Crippen molar-refractivity contribution in [2.75, 3.05) is 32.1 Å². The number of benzene rings is 1. The largest absolute Gasteiger partial charge is 0.478 e. The number of hydrogen-bond acceptors (Lipinski definition) is 5. The summed E-state index contributed by atoms with van der Waals surface area (Å²) in [5.41, 5.74) is 0.613. The molecule has 0 aromatic heterocycles. The summed E-state index contributed by atoms with van der Waals surface area (Å²) in [6, 6.07) is 4.00. The van der Waals surface area contributed by atoms with E-state index in [0.29, 0.717) is 18.8 Å². The first-order valence-electron chi connectivity index (χ1n) is 6.59. The van der Waals surface area contributed by atoms with Crippen molar-refractivity contribution in [2.24, 2.45) is 0 Å². The molecule has 1 saturated heterocycles. The zero-order valence-electron chi connectivity index (χ0n) is 12.2. The van der Waals surface area contributed by atoms with E-state index in [-0.39, 0.29) is 11.1 Å². The molecule has 0 aliphatic carbocycles. The maximum absolute atomic E-state index is 12.2. The van der Waals surface area contributed by atoms with Crippen LogP contribution in [-0.4, -0.2) is 56.9 Å². The van der Waals surface area contributed by atoms with Gasteiger partial charge in [0.2, 0.25) is 0 Å². The molecule has 0 spiro atoms. The summed E-state index contributed by atoms with van der Waals surface area (Å²) in [5.74, 6) is -1.89. The first-order valence-corrected chi connectivity index (χ1v) is 8.03. The quantitative estimate of drug-likeness (QED) is 0.796. The van der Waals surface area contributed by atoms with Crippen LogP contribution in [0.2, 0.25) is 0 Å². The monoisotopic (exact) mass is 327 g/mol. The van der Waals surface area contributed by atoms with Gasteiger partial charge in [0, 0.05) is 27.2 Å². The maximum Gasteiger partial charge on any atom is 0.335 e. The number of carbonyl (C=O) groups excluding carboxylic acids is 1. The predicted octanol–water partition coefficient (Wildman–Crippen LogP) is 0.131. The number of anilines is 1. The first kappa shape index (κ1) is 16.2. The smallest absolute Gasteiger partial charge is 0.335 e. The number of aromatic carboxylic acids is 1. The van der Waals surface area contributed by atoms with Gasteiger partial charge in [-0.3, -0.25) is 4.79 Å². The zero-order chi connectivity index (χ0) is 16.5. The molecule has 9 heteroatoms. The van der Waals surface area contributed by atoms with Gasteiger partial charge < -0.3 is 10.0 Å². The van der Waals surface area contributed by atoms with Crippen LogP contribution < -0.4 is 9.62 Å². The van der Waals surface area contributed by atoms with Crippen molar-refractivity contribution in [1.29, 1.82) is 0 Å². The Labute approximate surface area is 128 Å². The number of carboxylic acids is 1. The Bertz CT molecular complexity index is 710. The third kappa shape index (κ3) is 3.20. The number of carboxylic acid groups (broad SMARTS) is 1. The number of rotatable bonds is 5. The van der Waals surface area contributed by atoms with Crippen LogP contribution in [-0.2, 0) is 10.2 Å². The van der Waals surface area contributed by atoms with Gasteiger partial charge >= 0.3 is 16.2 Å². The molecule has 120 valence electrons. The minimum atomic E-state index is -3.90. The van der Waals surface area contributed by atoms with E-state index < -0.39 is 22.1 Å². The first-order chi connectivity index (χ1) is 10.2. The van der Waals surface area contributed by atoms with E-state index in [1.165, 1.54) is 32.3 Å². The lowest BCUT2D eigenvalue weighted by molar-refractivity contribution is 0.0696. The van der Waals surface area contributed by atoms with Gasteiger partial charge in [0.15, 0.2) is 0 Å². The molecule has 1 fully saturated rings. The normalized spacial score (nSPS) is 14.6. The Balaban J connectivity index is 2.37. The Hall–Kier alpha value is -2.13. The summed E-state index contributed by atoms with van der Waals surface area (Å²) in [6.07, 6.45) is 0.939. The van der Waals surface area contributed by atoms with Crippen LogP contribution in [0.25, 0.3) is 0 Å². The summed E-state index contributed by atoms with van der Waals surface area (Å²) in [7, 11) is -1.29. The highest BCUT2D eigenvalue weighted by Crippen LogP contribution is 2.27. The Kier molecular flexibility index (Phi) is 4.38. The predicted molar refractivity (Wildman–Crippen MR) is 80.3 cm³/mol. The number of nitrogens with zero attached hydrogens (tertiary/aromatic N) is 2. The van der Waals surface area contributed by atoms with E-state index >= 15 is 0 Å². The van der Waals surface area contributed by atoms with Gasteiger partial charge in [-0.25, -0.2) is 9.52 Å². The number of nitrogens with one attached hydrogen (secondary N) is 1. The van der Waals surface area contributed by atoms with Crippen molar-refractivity contribution in [2.45, 2.75) is 6.42 Å². The second-order valence-corrected chi connectivity index (χ2v) is 6.98. The molecule has 2 rings (SSSR count). The van der Waals surface area contributed by atoms with Gasteiger partial charge in [0.25, 0.3) is 5.91 Å². The molecule has 1 aromatic rings. The molecule has 22 heavy (non-hydrogen) atoms. The minimum Gasteiger partial charge on any atom is -0.478 e. The third-order valence-electron chi connectivity index (χ3n) is 3.39. The zero-order valence-corrected chi connectivity index (χ0v) is 13.1. The van der Waals surface area contributed by atoms with Gasteiger partial charge in [-0.1, -0.05) is 0 Å². The van der Waals surface area contributed by atoms with E-state index in [1.807, 2.05) is 9.62 Å². The lowest BCUT2D eigenvalue weighted by atomic mass is 10.0. The molecule has 0 bridgehead atoms. The standard InChI is InChI=1S/C13H17N3O5S/c1-15(2)22(20,21)14-12(17)10-5-4-9(13(18)19)8-11(10)16-6-3-7-16/h4-5,8H,3,6-7H2,1-2H3,(H,14,17)(H,18,19). The van der Waals surface area contributed by atoms with E-state index in [1.54, 1.807) is 0 Å². The molecule has 0 unspecified atom stereocenters. The van der Waals surface area contributed by atoms with E-state index in [9.17, 15) is 18.0 Å². The summed E-state index contributed by atoms with van der Waals surface area (Å²) in [6.45, 7) is 1.40. The molecule has 8 nitrogen and oxygen atoms in total. The molecule has 0 atom stereocenters. The average Bonchev–Trinajstić information content (AvgIpc) is 2.35. The van der Waals surface area contributed by atoms with Gasteiger partial charge in [0.05, 0.1) is 16.8 Å². The molecule has 2 N–H and O–H groups in total. The van der Waals surface area contributed by atoms with Crippen LogP contribution in [0.1, 0.15) is 27.1 Å². The number of hydrogen-bond donors (Lipinski definition) is 2. The fourth-order valence-electron chi connectivity index (χ4n) is 1.94. The van der Waals surface area contributed by atoms with Crippen molar-refractivity contribution in [3.63, 3.8) is 0 Å². The summed E-state index contributed by atoms with van der Waals surface area (Å²) < 4.78 is 26.3. The second-order valence-electron chi connectivity index (χ2n) is 5.10. The molecule has 1 aromatic carbocycles. The van der Waals surface area contributed by atoms with E-state index in [2.05, 4.69) is 0 Å². The summed E-state index contributed by atoms with van der Waals surface area (Å²) in [4.78, 5) is 25.1. The van der Waals surface area contributed by atoms with Crippen molar-refractivity contribution < 1.29 is 23.1 Å². The van der Waals surface area contributed by atoms with Crippen molar-refractivity contribution in [3.05, 3.63) is 29.3 Å². The highest BCUT2D eigenvalue weighted by atomic mass is 32.2. The van der Waals surface area contributed by atoms with Crippen LogP contribution in [0.5, 0.6) is 0 Å². The molecule has 1 amide bonds. The summed E-state index contributed by atoms with van der Waals surface area (Å²) >= 11 is 0. The van der Waals surface area contributed by atoms with Crippen LogP contribution in [0, 0.1) is 0 Å². The molecule has 0 saturated carbocycles. The highest BCUT2D eigenvalue weighted by Gasteiger charge is 2.25. The van der Waals surface area contributed by atoms with Gasteiger partial charge in [0.1, 0.15) is 0 Å². The number of carbonyl (C=O) groups is 2. The van der Waals surface area contributed by atoms with Crippen LogP contribution in [0.15, 0.2) is 18.2 Å². The molecular formula is C13H17N3O5S. The number of amides is 1. The lowest BCUT2D eigenvalue weighted by Gasteiger charge is -2.34. The minimum absolute atomic E-state index is 0.0499. The van der Waals surface area contributed by atoms with E-state index in [0.717, 1.165) is 10.7 Å². The van der Waals surface area contributed by atoms with Gasteiger partial charge in [-0.2, -0.15) is 12.7 Å². The van der Waals surface area contributed by atoms with Crippen LogP contribution >= 0.6 is 0 Å². The van der Waals surface area contributed by atoms with Gasteiger partial charge in [-0.15, -0.1) is 0 Å². The average molecular weight is 327 g/mol. The van der Waals surface area contributed by atoms with Crippen molar-refractivity contribution in [3.8, 4) is 0 Å². The van der Waals surface area contributed by atoms with Gasteiger partial charge in [-0.05, 0) is 24.6 Å². The molecule has 0 radical (unpaired) electrons. The van der Waals surface area contributed by atoms with Crippen LogP contribution in [0.3, 0.4) is 0 Å². The molecule has 1 aliphatic rings. The SMILES string of the molecule is CN(C)S(=O)(=O)NC(=O)c1ccc(C(=O)O)cc1N1CCC1. The fraction of sp³-hybridized carbons (Fsp3) is 0.385. The Morgan fingerprint density at radius 1 is 1.27 bits per heavy atom. The van der Waals surface area contributed by atoms with E-state index in [4.69, 9.17) is 5.11 Å². The topological polar surface area (TPSA) is 107 Å². The van der Waals surface area contributed by atoms with Crippen molar-refractivity contribution >= 4 is 27.8 Å². The second kappa shape index (κ2) is 5.93. The maximum atomic E-state index is 12.2. The highest BCUT2D eigenvalue weighted by molar-refractivity contribution is 7.87. The van der Waals surface area contributed by atoms with Crippen LogP contribution in [0.4, 0.5) is 5.69 Å². The fourth-order valence-corrected chi connectivity index (χ4v) is 2.47. The Morgan fingerprint density at radius 2 is 1.91 bits per heavy atom. The van der Waals surface area contributed by atoms with Crippen molar-refractivity contribution in [1.82, 2.24) is 9.03 Å². The molecular weight excluding hydrogens is 310 g/mol. The molecule has 1 heterocycles. The molecule has 1 aliphatic heterocycles. The third-order valence-corrected chi connectivity index (χ3v) is 4.79.